The molecule has 0 radical (unpaired) electrons. The molecule has 0 aliphatic heterocycles. The van der Waals surface area contributed by atoms with Crippen molar-refractivity contribution < 1.29 is 4.42 Å². The van der Waals surface area contributed by atoms with Gasteiger partial charge in [0.15, 0.2) is 0 Å². The quantitative estimate of drug-likeness (QED) is 0.845. The molecule has 0 amide bonds. The monoisotopic (exact) mass is 244 g/mol. The molecule has 1 heterocycles. The number of anilines is 2. The second-order valence-corrected chi connectivity index (χ2v) is 4.60. The SMILES string of the molecule is Cc1ccccc1Nc1nnc(CNC2CC2)o1. The minimum Gasteiger partial charge on any atom is -0.406 e. The van der Waals surface area contributed by atoms with Gasteiger partial charge in [0, 0.05) is 11.7 Å². The molecule has 0 bridgehead atoms. The van der Waals surface area contributed by atoms with Gasteiger partial charge in [0.05, 0.1) is 6.54 Å². The predicted molar refractivity (Wildman–Crippen MR) is 68.6 cm³/mol. The molecule has 0 saturated heterocycles. The van der Waals surface area contributed by atoms with Gasteiger partial charge in [-0.05, 0) is 31.4 Å². The summed E-state index contributed by atoms with van der Waals surface area (Å²) in [7, 11) is 0. The van der Waals surface area contributed by atoms with Crippen LogP contribution in [-0.4, -0.2) is 16.2 Å². The molecule has 1 aliphatic carbocycles. The van der Waals surface area contributed by atoms with Gasteiger partial charge in [-0.1, -0.05) is 23.3 Å². The van der Waals surface area contributed by atoms with Crippen LogP contribution in [0.25, 0.3) is 0 Å². The summed E-state index contributed by atoms with van der Waals surface area (Å²) in [6.45, 7) is 2.68. The molecule has 0 atom stereocenters. The number of hydrogen-bond acceptors (Lipinski definition) is 5. The number of nitrogens with zero attached hydrogens (tertiary/aromatic N) is 2. The van der Waals surface area contributed by atoms with Crippen molar-refractivity contribution in [1.29, 1.82) is 0 Å². The van der Waals surface area contributed by atoms with E-state index in [1.54, 1.807) is 0 Å². The highest BCUT2D eigenvalue weighted by atomic mass is 16.4. The van der Waals surface area contributed by atoms with Crippen LogP contribution in [0.4, 0.5) is 11.7 Å². The van der Waals surface area contributed by atoms with Gasteiger partial charge >= 0.3 is 6.01 Å². The van der Waals surface area contributed by atoms with E-state index in [4.69, 9.17) is 4.42 Å². The highest BCUT2D eigenvalue weighted by molar-refractivity contribution is 5.56. The molecule has 94 valence electrons. The summed E-state index contributed by atoms with van der Waals surface area (Å²) in [6.07, 6.45) is 2.50. The van der Waals surface area contributed by atoms with E-state index >= 15 is 0 Å². The summed E-state index contributed by atoms with van der Waals surface area (Å²) in [4.78, 5) is 0. The van der Waals surface area contributed by atoms with E-state index < -0.39 is 0 Å². The number of rotatable bonds is 5. The van der Waals surface area contributed by atoms with Crippen molar-refractivity contribution in [2.24, 2.45) is 0 Å². The molecule has 0 unspecified atom stereocenters. The van der Waals surface area contributed by atoms with Crippen molar-refractivity contribution in [2.75, 3.05) is 5.32 Å². The molecule has 1 saturated carbocycles. The Morgan fingerprint density at radius 2 is 2.11 bits per heavy atom. The standard InChI is InChI=1S/C13H16N4O/c1-9-4-2-3-5-11(9)15-13-17-16-12(18-13)8-14-10-6-7-10/h2-5,10,14H,6-8H2,1H3,(H,15,17). The maximum Gasteiger partial charge on any atom is 0.320 e. The lowest BCUT2D eigenvalue weighted by Crippen LogP contribution is -2.15. The van der Waals surface area contributed by atoms with Crippen molar-refractivity contribution in [3.05, 3.63) is 35.7 Å². The molecule has 2 aromatic rings. The average Bonchev–Trinajstić information content (AvgIpc) is 3.10. The maximum atomic E-state index is 5.52. The highest BCUT2D eigenvalue weighted by Crippen LogP contribution is 2.21. The van der Waals surface area contributed by atoms with Gasteiger partial charge in [-0.3, -0.25) is 0 Å². The number of aromatic nitrogens is 2. The first kappa shape index (κ1) is 11.2. The van der Waals surface area contributed by atoms with Crippen LogP contribution in [-0.2, 0) is 6.54 Å². The summed E-state index contributed by atoms with van der Waals surface area (Å²) in [5, 5.41) is 14.4. The Balaban J connectivity index is 1.63. The highest BCUT2D eigenvalue weighted by Gasteiger charge is 2.21. The van der Waals surface area contributed by atoms with Gasteiger partial charge in [0.25, 0.3) is 0 Å². The van der Waals surface area contributed by atoms with Gasteiger partial charge < -0.3 is 15.1 Å². The number of benzene rings is 1. The minimum absolute atomic E-state index is 0.442. The molecule has 1 fully saturated rings. The van der Waals surface area contributed by atoms with Gasteiger partial charge in [-0.15, -0.1) is 5.10 Å². The van der Waals surface area contributed by atoms with E-state index in [2.05, 4.69) is 20.8 Å². The first-order valence-electron chi connectivity index (χ1n) is 6.20. The van der Waals surface area contributed by atoms with Gasteiger partial charge in [-0.2, -0.15) is 0 Å². The van der Waals surface area contributed by atoms with Crippen molar-refractivity contribution in [2.45, 2.75) is 32.4 Å². The fourth-order valence-electron chi connectivity index (χ4n) is 1.72. The van der Waals surface area contributed by atoms with Crippen LogP contribution < -0.4 is 10.6 Å². The smallest absolute Gasteiger partial charge is 0.320 e. The van der Waals surface area contributed by atoms with E-state index in [1.807, 2.05) is 31.2 Å². The molecular weight excluding hydrogens is 228 g/mol. The largest absolute Gasteiger partial charge is 0.406 e. The van der Waals surface area contributed by atoms with Gasteiger partial charge in [0.2, 0.25) is 5.89 Å². The Bertz CT molecular complexity index is 533. The number of hydrogen-bond donors (Lipinski definition) is 2. The van der Waals surface area contributed by atoms with Gasteiger partial charge in [-0.25, -0.2) is 0 Å². The zero-order valence-electron chi connectivity index (χ0n) is 10.3. The summed E-state index contributed by atoms with van der Waals surface area (Å²) in [5.41, 5.74) is 2.14. The third-order valence-corrected chi connectivity index (χ3v) is 2.97. The fraction of sp³-hybridized carbons (Fsp3) is 0.385. The van der Waals surface area contributed by atoms with Crippen molar-refractivity contribution in [3.8, 4) is 0 Å². The van der Waals surface area contributed by atoms with Crippen LogP contribution in [0.15, 0.2) is 28.7 Å². The van der Waals surface area contributed by atoms with E-state index in [0.717, 1.165) is 11.3 Å². The van der Waals surface area contributed by atoms with E-state index in [1.165, 1.54) is 12.8 Å². The summed E-state index contributed by atoms with van der Waals surface area (Å²) in [6, 6.07) is 9.08. The predicted octanol–water partition coefficient (Wildman–Crippen LogP) is 2.37. The van der Waals surface area contributed by atoms with Crippen LogP contribution in [0.5, 0.6) is 0 Å². The Kier molecular flexibility index (Phi) is 2.98. The molecule has 1 aromatic carbocycles. The Hall–Kier alpha value is -1.88. The van der Waals surface area contributed by atoms with Crippen LogP contribution in [0.3, 0.4) is 0 Å². The molecule has 5 heteroatoms. The Morgan fingerprint density at radius 3 is 2.89 bits per heavy atom. The first-order chi connectivity index (χ1) is 8.81. The molecule has 2 N–H and O–H groups in total. The third-order valence-electron chi connectivity index (χ3n) is 2.97. The number of para-hydroxylation sites is 1. The van der Waals surface area contributed by atoms with Crippen molar-refractivity contribution in [3.63, 3.8) is 0 Å². The van der Waals surface area contributed by atoms with E-state index in [9.17, 15) is 0 Å². The third kappa shape index (κ3) is 2.68. The Labute approximate surface area is 106 Å². The molecule has 1 aliphatic rings. The maximum absolute atomic E-state index is 5.52. The second kappa shape index (κ2) is 4.78. The van der Waals surface area contributed by atoms with E-state index in [0.29, 0.717) is 24.5 Å². The lowest BCUT2D eigenvalue weighted by atomic mass is 10.2. The van der Waals surface area contributed by atoms with E-state index in [-0.39, 0.29) is 0 Å². The molecule has 18 heavy (non-hydrogen) atoms. The first-order valence-corrected chi connectivity index (χ1v) is 6.20. The summed E-state index contributed by atoms with van der Waals surface area (Å²) >= 11 is 0. The number of nitrogens with one attached hydrogen (secondary N) is 2. The zero-order chi connectivity index (χ0) is 12.4. The van der Waals surface area contributed by atoms with Crippen LogP contribution in [0, 0.1) is 6.92 Å². The molecular formula is C13H16N4O. The Morgan fingerprint density at radius 1 is 1.28 bits per heavy atom. The lowest BCUT2D eigenvalue weighted by Gasteiger charge is -2.04. The summed E-state index contributed by atoms with van der Waals surface area (Å²) < 4.78 is 5.52. The van der Waals surface area contributed by atoms with Crippen molar-refractivity contribution >= 4 is 11.7 Å². The van der Waals surface area contributed by atoms with Crippen LogP contribution >= 0.6 is 0 Å². The second-order valence-electron chi connectivity index (χ2n) is 4.60. The fourth-order valence-corrected chi connectivity index (χ4v) is 1.72. The zero-order valence-corrected chi connectivity index (χ0v) is 10.3. The van der Waals surface area contributed by atoms with Crippen molar-refractivity contribution in [1.82, 2.24) is 15.5 Å². The van der Waals surface area contributed by atoms with Crippen LogP contribution in [0.1, 0.15) is 24.3 Å². The molecule has 0 spiro atoms. The van der Waals surface area contributed by atoms with Gasteiger partial charge in [0.1, 0.15) is 0 Å². The topological polar surface area (TPSA) is 63.0 Å². The molecule has 1 aromatic heterocycles. The lowest BCUT2D eigenvalue weighted by molar-refractivity contribution is 0.478. The number of aryl methyl sites for hydroxylation is 1. The molecule has 3 rings (SSSR count). The summed E-state index contributed by atoms with van der Waals surface area (Å²) in [5.74, 6) is 0.623. The van der Waals surface area contributed by atoms with Crippen LogP contribution in [0.2, 0.25) is 0 Å². The normalized spacial score (nSPS) is 14.7. The average molecular weight is 244 g/mol. The molecule has 5 nitrogen and oxygen atoms in total. The minimum atomic E-state index is 0.442.